The summed E-state index contributed by atoms with van der Waals surface area (Å²) in [5.74, 6) is 0.898. The second kappa shape index (κ2) is 3.85. The molecule has 62 valence electrons. The van der Waals surface area contributed by atoms with E-state index in [4.69, 9.17) is 4.84 Å². The Morgan fingerprint density at radius 1 is 1.64 bits per heavy atom. The van der Waals surface area contributed by atoms with Crippen molar-refractivity contribution < 1.29 is 4.84 Å². The number of nitrogens with zero attached hydrogens (tertiary/aromatic N) is 2. The van der Waals surface area contributed by atoms with Crippen molar-refractivity contribution in [2.75, 3.05) is 18.5 Å². The van der Waals surface area contributed by atoms with Gasteiger partial charge in [-0.15, -0.1) is 5.10 Å². The van der Waals surface area contributed by atoms with Crippen molar-refractivity contribution >= 4 is 5.82 Å². The minimum absolute atomic E-state index is 0.625. The first-order chi connectivity index (χ1) is 5.38. The van der Waals surface area contributed by atoms with Crippen molar-refractivity contribution in [3.8, 4) is 0 Å². The van der Waals surface area contributed by atoms with Crippen LogP contribution in [-0.4, -0.2) is 23.1 Å². The van der Waals surface area contributed by atoms with Crippen LogP contribution in [0.2, 0.25) is 0 Å². The van der Waals surface area contributed by atoms with Crippen LogP contribution < -0.4 is 10.2 Å². The van der Waals surface area contributed by atoms with Gasteiger partial charge < -0.3 is 10.2 Å². The molecule has 0 atom stereocenters. The Morgan fingerprint density at radius 2 is 2.45 bits per heavy atom. The first kappa shape index (κ1) is 7.91. The zero-order valence-electron chi connectivity index (χ0n) is 6.87. The van der Waals surface area contributed by atoms with Crippen LogP contribution >= 0.6 is 0 Å². The van der Waals surface area contributed by atoms with E-state index in [0.717, 1.165) is 12.4 Å². The summed E-state index contributed by atoms with van der Waals surface area (Å²) in [6.45, 7) is 5.46. The lowest BCUT2D eigenvalue weighted by Gasteiger charge is -2.06. The van der Waals surface area contributed by atoms with Crippen LogP contribution in [0.25, 0.3) is 0 Å². The highest BCUT2D eigenvalue weighted by Gasteiger charge is 1.98. The molecule has 1 N–H and O–H groups in total. The molecule has 1 aromatic rings. The summed E-state index contributed by atoms with van der Waals surface area (Å²) < 4.78 is 0. The topological polar surface area (TPSA) is 39.1 Å². The van der Waals surface area contributed by atoms with Crippen LogP contribution in [0.15, 0.2) is 12.3 Å². The van der Waals surface area contributed by atoms with E-state index < -0.39 is 0 Å². The molecule has 0 radical (unpaired) electrons. The van der Waals surface area contributed by atoms with Crippen molar-refractivity contribution in [2.45, 2.75) is 13.8 Å². The van der Waals surface area contributed by atoms with Gasteiger partial charge in [0, 0.05) is 12.6 Å². The molecule has 11 heavy (non-hydrogen) atoms. The molecule has 0 saturated heterocycles. The predicted molar refractivity (Wildman–Crippen MR) is 43.5 cm³/mol. The summed E-state index contributed by atoms with van der Waals surface area (Å²) in [6, 6.07) is 1.87. The summed E-state index contributed by atoms with van der Waals surface area (Å²) >= 11 is 0. The highest BCUT2D eigenvalue weighted by molar-refractivity contribution is 5.32. The molecule has 1 aromatic heterocycles. The Hall–Kier alpha value is -1.19. The largest absolute Gasteiger partial charge is 0.395 e. The Labute approximate surface area is 66.1 Å². The molecule has 1 heterocycles. The fourth-order valence-corrected chi connectivity index (χ4v) is 0.823. The smallest absolute Gasteiger partial charge is 0.165 e. The van der Waals surface area contributed by atoms with Crippen molar-refractivity contribution in [3.05, 3.63) is 12.3 Å². The van der Waals surface area contributed by atoms with Gasteiger partial charge >= 0.3 is 0 Å². The van der Waals surface area contributed by atoms with E-state index in [0.29, 0.717) is 6.61 Å². The standard InChI is InChI=1S/C7H13N3O/c1-3-8-7-5-6-9-10(7)11-4-2/h5-6,8H,3-4H2,1-2H3. The van der Waals surface area contributed by atoms with Crippen LogP contribution in [0.3, 0.4) is 0 Å². The molecule has 0 aromatic carbocycles. The van der Waals surface area contributed by atoms with E-state index in [1.807, 2.05) is 19.9 Å². The third kappa shape index (κ3) is 1.86. The zero-order chi connectivity index (χ0) is 8.10. The third-order valence-electron chi connectivity index (χ3n) is 1.22. The minimum atomic E-state index is 0.625. The maximum absolute atomic E-state index is 5.17. The maximum atomic E-state index is 5.17. The Morgan fingerprint density at radius 3 is 3.09 bits per heavy atom. The van der Waals surface area contributed by atoms with Crippen LogP contribution in [0.4, 0.5) is 5.82 Å². The molecule has 0 unspecified atom stereocenters. The lowest BCUT2D eigenvalue weighted by atomic mass is 10.6. The van der Waals surface area contributed by atoms with E-state index in [1.165, 1.54) is 4.85 Å². The predicted octanol–water partition coefficient (Wildman–Crippen LogP) is 0.763. The Balaban J connectivity index is 2.62. The van der Waals surface area contributed by atoms with Crippen LogP contribution in [0.5, 0.6) is 0 Å². The molecule has 0 aliphatic carbocycles. The Bertz CT molecular complexity index is 189. The van der Waals surface area contributed by atoms with Gasteiger partial charge in [0.15, 0.2) is 5.82 Å². The van der Waals surface area contributed by atoms with Crippen molar-refractivity contribution in [2.24, 2.45) is 0 Å². The van der Waals surface area contributed by atoms with Crippen LogP contribution in [0, 0.1) is 0 Å². The van der Waals surface area contributed by atoms with Gasteiger partial charge in [0.1, 0.15) is 6.61 Å². The number of aromatic nitrogens is 2. The van der Waals surface area contributed by atoms with E-state index in [1.54, 1.807) is 6.20 Å². The number of nitrogens with one attached hydrogen (secondary N) is 1. The fourth-order valence-electron chi connectivity index (χ4n) is 0.823. The molecule has 4 heteroatoms. The molecule has 0 amide bonds. The molecule has 4 nitrogen and oxygen atoms in total. The van der Waals surface area contributed by atoms with Crippen molar-refractivity contribution in [1.29, 1.82) is 0 Å². The van der Waals surface area contributed by atoms with Crippen LogP contribution in [-0.2, 0) is 0 Å². The van der Waals surface area contributed by atoms with Gasteiger partial charge in [-0.05, 0) is 13.8 Å². The molecular formula is C7H13N3O. The second-order valence-corrected chi connectivity index (χ2v) is 2.04. The molecule has 0 saturated carbocycles. The SMILES string of the molecule is CCNc1ccnn1OCC. The summed E-state index contributed by atoms with van der Waals surface area (Å²) in [7, 11) is 0. The van der Waals surface area contributed by atoms with E-state index in [-0.39, 0.29) is 0 Å². The number of hydrogen-bond acceptors (Lipinski definition) is 3. The fraction of sp³-hybridized carbons (Fsp3) is 0.571. The van der Waals surface area contributed by atoms with Crippen molar-refractivity contribution in [3.63, 3.8) is 0 Å². The first-order valence-electron chi connectivity index (χ1n) is 3.79. The lowest BCUT2D eigenvalue weighted by molar-refractivity contribution is 0.0972. The van der Waals surface area contributed by atoms with Gasteiger partial charge in [0.05, 0.1) is 6.20 Å². The zero-order valence-corrected chi connectivity index (χ0v) is 6.87. The monoisotopic (exact) mass is 155 g/mol. The summed E-state index contributed by atoms with van der Waals surface area (Å²) in [5, 5.41) is 7.07. The highest BCUT2D eigenvalue weighted by Crippen LogP contribution is 2.02. The average molecular weight is 155 g/mol. The molecule has 1 rings (SSSR count). The summed E-state index contributed by atoms with van der Waals surface area (Å²) in [6.07, 6.45) is 1.70. The van der Waals surface area contributed by atoms with Gasteiger partial charge in [-0.3, -0.25) is 0 Å². The number of rotatable bonds is 4. The summed E-state index contributed by atoms with van der Waals surface area (Å²) in [4.78, 5) is 6.66. The normalized spacial score (nSPS) is 9.64. The summed E-state index contributed by atoms with van der Waals surface area (Å²) in [5.41, 5.74) is 0. The average Bonchev–Trinajstić information content (AvgIpc) is 2.39. The van der Waals surface area contributed by atoms with Gasteiger partial charge in [0.2, 0.25) is 0 Å². The second-order valence-electron chi connectivity index (χ2n) is 2.04. The molecule has 0 aliphatic heterocycles. The number of hydrogen-bond donors (Lipinski definition) is 1. The van der Waals surface area contributed by atoms with Gasteiger partial charge in [-0.2, -0.15) is 0 Å². The highest BCUT2D eigenvalue weighted by atomic mass is 16.7. The van der Waals surface area contributed by atoms with Gasteiger partial charge in [-0.1, -0.05) is 4.85 Å². The number of anilines is 1. The molecule has 0 spiro atoms. The molecular weight excluding hydrogens is 142 g/mol. The van der Waals surface area contributed by atoms with E-state index >= 15 is 0 Å². The minimum Gasteiger partial charge on any atom is -0.395 e. The van der Waals surface area contributed by atoms with Crippen LogP contribution in [0.1, 0.15) is 13.8 Å². The van der Waals surface area contributed by atoms with Gasteiger partial charge in [0.25, 0.3) is 0 Å². The molecule has 0 fully saturated rings. The lowest BCUT2D eigenvalue weighted by Crippen LogP contribution is -2.15. The van der Waals surface area contributed by atoms with Crippen molar-refractivity contribution in [1.82, 2.24) is 9.94 Å². The first-order valence-corrected chi connectivity index (χ1v) is 3.79. The molecule has 0 bridgehead atoms. The van der Waals surface area contributed by atoms with E-state index in [2.05, 4.69) is 10.4 Å². The quantitative estimate of drug-likeness (QED) is 0.697. The maximum Gasteiger partial charge on any atom is 0.165 e. The van der Waals surface area contributed by atoms with Gasteiger partial charge in [-0.25, -0.2) is 0 Å². The van der Waals surface area contributed by atoms with E-state index in [9.17, 15) is 0 Å². The molecule has 0 aliphatic rings. The Kier molecular flexibility index (Phi) is 2.77. The third-order valence-corrected chi connectivity index (χ3v) is 1.22.